The van der Waals surface area contributed by atoms with Crippen molar-refractivity contribution in [2.24, 2.45) is 0 Å². The molecule has 4 nitrogen and oxygen atoms in total. The molecule has 92 valence electrons. The summed E-state index contributed by atoms with van der Waals surface area (Å²) < 4.78 is 13.5. The highest BCUT2D eigenvalue weighted by molar-refractivity contribution is 5.75. The fraction of sp³-hybridized carbons (Fsp3) is 0.231. The van der Waals surface area contributed by atoms with Gasteiger partial charge in [0.05, 0.1) is 5.56 Å². The minimum Gasteiger partial charge on any atom is -0.310 e. The molecular formula is C13H11FN2O2. The van der Waals surface area contributed by atoms with E-state index in [0.717, 1.165) is 11.1 Å². The second-order valence-corrected chi connectivity index (χ2v) is 4.38. The zero-order chi connectivity index (χ0) is 12.9. The van der Waals surface area contributed by atoms with Crippen molar-refractivity contribution in [1.82, 2.24) is 9.97 Å². The summed E-state index contributed by atoms with van der Waals surface area (Å²) >= 11 is 0. The summed E-state index contributed by atoms with van der Waals surface area (Å²) in [7, 11) is 0. The molecular weight excluding hydrogens is 235 g/mol. The second-order valence-electron chi connectivity index (χ2n) is 4.38. The predicted octanol–water partition coefficient (Wildman–Crippen LogP) is 1.34. The molecule has 0 atom stereocenters. The molecule has 0 saturated carbocycles. The van der Waals surface area contributed by atoms with Crippen molar-refractivity contribution >= 4 is 0 Å². The summed E-state index contributed by atoms with van der Waals surface area (Å²) in [5, 5.41) is 0. The molecule has 1 heterocycles. The van der Waals surface area contributed by atoms with Gasteiger partial charge in [0.1, 0.15) is 5.82 Å². The van der Waals surface area contributed by atoms with Crippen LogP contribution in [-0.4, -0.2) is 9.97 Å². The molecule has 3 rings (SSSR count). The average molecular weight is 246 g/mol. The average Bonchev–Trinajstić information content (AvgIpc) is 2.65. The Morgan fingerprint density at radius 2 is 2.06 bits per heavy atom. The molecule has 0 unspecified atom stereocenters. The lowest BCUT2D eigenvalue weighted by molar-refractivity contribution is 0.625. The van der Waals surface area contributed by atoms with Gasteiger partial charge in [0, 0.05) is 12.1 Å². The molecule has 0 aliphatic heterocycles. The maximum Gasteiger partial charge on any atom is 0.325 e. The molecule has 18 heavy (non-hydrogen) atoms. The van der Waals surface area contributed by atoms with Gasteiger partial charge in [-0.15, -0.1) is 0 Å². The van der Waals surface area contributed by atoms with Gasteiger partial charge < -0.3 is 4.98 Å². The summed E-state index contributed by atoms with van der Waals surface area (Å²) in [5.41, 5.74) is 2.38. The van der Waals surface area contributed by atoms with Gasteiger partial charge >= 0.3 is 5.69 Å². The van der Waals surface area contributed by atoms with Crippen LogP contribution in [0, 0.1) is 5.82 Å². The van der Waals surface area contributed by atoms with Crippen LogP contribution in [0.25, 0.3) is 11.1 Å². The molecule has 0 fully saturated rings. The van der Waals surface area contributed by atoms with Gasteiger partial charge in [-0.2, -0.15) is 0 Å². The first-order valence-electron chi connectivity index (χ1n) is 5.77. The molecule has 1 aliphatic rings. The van der Waals surface area contributed by atoms with E-state index in [1.54, 1.807) is 0 Å². The Balaban J connectivity index is 2.38. The minimum atomic E-state index is -0.523. The zero-order valence-electron chi connectivity index (χ0n) is 9.76. The van der Waals surface area contributed by atoms with Crippen LogP contribution in [0.2, 0.25) is 0 Å². The standard InChI is InChI=1S/C13H11FN2O2/c1-2-6-3-7(14)4-9-8(6)5-10-11(9)12(17)16-13(18)15-10/h3-4H,2,5H2,1H3,(H2,15,16,17,18). The Hall–Kier alpha value is -2.17. The highest BCUT2D eigenvalue weighted by atomic mass is 19.1. The normalized spacial score (nSPS) is 12.3. The first kappa shape index (κ1) is 11.0. The number of halogens is 1. The number of fused-ring (bicyclic) bond motifs is 3. The maximum atomic E-state index is 13.5. The quantitative estimate of drug-likeness (QED) is 0.680. The van der Waals surface area contributed by atoms with E-state index >= 15 is 0 Å². The first-order valence-corrected chi connectivity index (χ1v) is 5.77. The monoisotopic (exact) mass is 246 g/mol. The summed E-state index contributed by atoms with van der Waals surface area (Å²) in [4.78, 5) is 27.8. The molecule has 0 spiro atoms. The van der Waals surface area contributed by atoms with Crippen molar-refractivity contribution in [1.29, 1.82) is 0 Å². The molecule has 0 saturated heterocycles. The van der Waals surface area contributed by atoms with Crippen molar-refractivity contribution in [3.05, 3.63) is 55.6 Å². The van der Waals surface area contributed by atoms with Crippen LogP contribution in [-0.2, 0) is 12.8 Å². The topological polar surface area (TPSA) is 65.7 Å². The van der Waals surface area contributed by atoms with Crippen LogP contribution in [0.15, 0.2) is 21.7 Å². The number of H-pyrrole nitrogens is 2. The fourth-order valence-electron chi connectivity index (χ4n) is 2.57. The number of hydrogen-bond acceptors (Lipinski definition) is 2. The van der Waals surface area contributed by atoms with Gasteiger partial charge in [-0.3, -0.25) is 9.78 Å². The summed E-state index contributed by atoms with van der Waals surface area (Å²) in [6.45, 7) is 1.94. The molecule has 1 aromatic carbocycles. The van der Waals surface area contributed by atoms with Gasteiger partial charge in [0.15, 0.2) is 0 Å². The third kappa shape index (κ3) is 1.44. The van der Waals surface area contributed by atoms with E-state index in [0.29, 0.717) is 29.7 Å². The van der Waals surface area contributed by atoms with Gasteiger partial charge in [0.2, 0.25) is 0 Å². The number of nitrogens with one attached hydrogen (secondary N) is 2. The molecule has 0 amide bonds. The highest BCUT2D eigenvalue weighted by Gasteiger charge is 2.25. The molecule has 1 aromatic heterocycles. The molecule has 0 radical (unpaired) electrons. The van der Waals surface area contributed by atoms with Gasteiger partial charge in [-0.05, 0) is 35.2 Å². The Bertz CT molecular complexity index is 759. The van der Waals surface area contributed by atoms with E-state index in [2.05, 4.69) is 9.97 Å². The van der Waals surface area contributed by atoms with Crippen LogP contribution in [0.3, 0.4) is 0 Å². The molecule has 5 heteroatoms. The van der Waals surface area contributed by atoms with Gasteiger partial charge in [-0.25, -0.2) is 9.18 Å². The van der Waals surface area contributed by atoms with E-state index in [-0.39, 0.29) is 5.82 Å². The highest BCUT2D eigenvalue weighted by Crippen LogP contribution is 2.35. The molecule has 1 aliphatic carbocycles. The van der Waals surface area contributed by atoms with Crippen molar-refractivity contribution in [2.45, 2.75) is 19.8 Å². The number of aryl methyl sites for hydroxylation is 1. The van der Waals surface area contributed by atoms with E-state index in [1.807, 2.05) is 6.92 Å². The fourth-order valence-corrected chi connectivity index (χ4v) is 2.57. The third-order valence-electron chi connectivity index (χ3n) is 3.33. The smallest absolute Gasteiger partial charge is 0.310 e. The second kappa shape index (κ2) is 3.66. The summed E-state index contributed by atoms with van der Waals surface area (Å²) in [5.74, 6) is -0.357. The van der Waals surface area contributed by atoms with Crippen molar-refractivity contribution in [3.8, 4) is 11.1 Å². The number of hydrogen-bond donors (Lipinski definition) is 2. The van der Waals surface area contributed by atoms with E-state index < -0.39 is 11.2 Å². The number of rotatable bonds is 1. The van der Waals surface area contributed by atoms with Crippen molar-refractivity contribution in [2.75, 3.05) is 0 Å². The lowest BCUT2D eigenvalue weighted by Crippen LogP contribution is -2.24. The number of aromatic amines is 2. The third-order valence-corrected chi connectivity index (χ3v) is 3.33. The zero-order valence-corrected chi connectivity index (χ0v) is 9.76. The Morgan fingerprint density at radius 1 is 1.28 bits per heavy atom. The predicted molar refractivity (Wildman–Crippen MR) is 65.3 cm³/mol. The van der Waals surface area contributed by atoms with Crippen LogP contribution >= 0.6 is 0 Å². The van der Waals surface area contributed by atoms with Gasteiger partial charge in [-0.1, -0.05) is 6.92 Å². The SMILES string of the molecule is CCc1cc(F)cc2c1Cc1[nH]c(=O)[nH]c(=O)c1-2. The van der Waals surface area contributed by atoms with Crippen LogP contribution < -0.4 is 11.2 Å². The first-order chi connectivity index (χ1) is 8.60. The maximum absolute atomic E-state index is 13.5. The molecule has 0 bridgehead atoms. The summed E-state index contributed by atoms with van der Waals surface area (Å²) in [6, 6.07) is 2.84. The Labute approximate surface area is 102 Å². The van der Waals surface area contributed by atoms with Gasteiger partial charge in [0.25, 0.3) is 5.56 Å². The van der Waals surface area contributed by atoms with E-state index in [9.17, 15) is 14.0 Å². The van der Waals surface area contributed by atoms with Crippen LogP contribution in [0.5, 0.6) is 0 Å². The van der Waals surface area contributed by atoms with Crippen LogP contribution in [0.4, 0.5) is 4.39 Å². The van der Waals surface area contributed by atoms with Crippen molar-refractivity contribution in [3.63, 3.8) is 0 Å². The van der Waals surface area contributed by atoms with E-state index in [1.165, 1.54) is 12.1 Å². The van der Waals surface area contributed by atoms with Crippen LogP contribution in [0.1, 0.15) is 23.7 Å². The van der Waals surface area contributed by atoms with E-state index in [4.69, 9.17) is 0 Å². The summed E-state index contributed by atoms with van der Waals surface area (Å²) in [6.07, 6.45) is 1.17. The largest absolute Gasteiger partial charge is 0.325 e. The number of aromatic nitrogens is 2. The molecule has 2 N–H and O–H groups in total. The lowest BCUT2D eigenvalue weighted by Gasteiger charge is -2.06. The Kier molecular flexibility index (Phi) is 2.23. The minimum absolute atomic E-state index is 0.357. The Morgan fingerprint density at radius 3 is 2.78 bits per heavy atom. The molecule has 2 aromatic rings. The lowest BCUT2D eigenvalue weighted by atomic mass is 9.99. The number of benzene rings is 1. The van der Waals surface area contributed by atoms with Crippen molar-refractivity contribution < 1.29 is 4.39 Å².